The van der Waals surface area contributed by atoms with Gasteiger partial charge in [0, 0.05) is 49.6 Å². The Morgan fingerprint density at radius 1 is 1.33 bits per heavy atom. The predicted molar refractivity (Wildman–Crippen MR) is 90.1 cm³/mol. The second-order valence-corrected chi connectivity index (χ2v) is 6.68. The second kappa shape index (κ2) is 10.3. The number of hydrogen-bond donors (Lipinski definition) is 1. The molecule has 1 unspecified atom stereocenters. The van der Waals surface area contributed by atoms with E-state index in [4.69, 9.17) is 9.47 Å². The zero-order valence-electron chi connectivity index (χ0n) is 14.1. The van der Waals surface area contributed by atoms with E-state index in [1.807, 2.05) is 11.3 Å². The number of hydrogen-bond acceptors (Lipinski definition) is 5. The normalized spacial score (nSPS) is 13.0. The van der Waals surface area contributed by atoms with E-state index in [2.05, 4.69) is 37.1 Å². The summed E-state index contributed by atoms with van der Waals surface area (Å²) in [5, 5.41) is 3.39. The topological polar surface area (TPSA) is 33.7 Å². The highest BCUT2D eigenvalue weighted by Gasteiger charge is 2.16. The maximum absolute atomic E-state index is 5.30. The van der Waals surface area contributed by atoms with Crippen molar-refractivity contribution in [1.82, 2.24) is 10.2 Å². The lowest BCUT2D eigenvalue weighted by atomic mass is 10.2. The van der Waals surface area contributed by atoms with E-state index in [-0.39, 0.29) is 0 Å². The van der Waals surface area contributed by atoms with E-state index in [0.29, 0.717) is 6.04 Å². The minimum absolute atomic E-state index is 0.390. The van der Waals surface area contributed by atoms with Gasteiger partial charge in [0.15, 0.2) is 0 Å². The fourth-order valence-electron chi connectivity index (χ4n) is 2.31. The standard InChI is InChI=1S/C16H30N2O2S/c1-6-17-10-16-9-15(14(3)21-16)11-18(7-8-19-4)13(2)12-20-5/h9,13,17H,6-8,10-12H2,1-5H3. The van der Waals surface area contributed by atoms with Gasteiger partial charge in [-0.3, -0.25) is 4.90 Å². The summed E-state index contributed by atoms with van der Waals surface area (Å²) in [6.07, 6.45) is 0. The van der Waals surface area contributed by atoms with Gasteiger partial charge in [0.25, 0.3) is 0 Å². The minimum Gasteiger partial charge on any atom is -0.383 e. The first kappa shape index (κ1) is 18.6. The molecule has 1 atom stereocenters. The van der Waals surface area contributed by atoms with Crippen LogP contribution in [0, 0.1) is 6.92 Å². The fraction of sp³-hybridized carbons (Fsp3) is 0.750. The first-order chi connectivity index (χ1) is 10.1. The van der Waals surface area contributed by atoms with Crippen LogP contribution in [-0.4, -0.2) is 51.5 Å². The van der Waals surface area contributed by atoms with Crippen LogP contribution < -0.4 is 5.32 Å². The fourth-order valence-corrected chi connectivity index (χ4v) is 3.33. The Hall–Kier alpha value is -0.460. The quantitative estimate of drug-likeness (QED) is 0.681. The Bertz CT molecular complexity index is 396. The summed E-state index contributed by atoms with van der Waals surface area (Å²) in [6, 6.07) is 2.73. The lowest BCUT2D eigenvalue weighted by Gasteiger charge is -2.28. The lowest BCUT2D eigenvalue weighted by Crippen LogP contribution is -2.38. The van der Waals surface area contributed by atoms with Crippen LogP contribution in [0.15, 0.2) is 6.07 Å². The van der Waals surface area contributed by atoms with Gasteiger partial charge in [-0.15, -0.1) is 11.3 Å². The molecule has 0 fully saturated rings. The van der Waals surface area contributed by atoms with Gasteiger partial charge in [-0.05, 0) is 32.0 Å². The molecule has 0 radical (unpaired) electrons. The number of aryl methyl sites for hydroxylation is 1. The van der Waals surface area contributed by atoms with Crippen LogP contribution in [-0.2, 0) is 22.6 Å². The molecule has 0 amide bonds. The van der Waals surface area contributed by atoms with Crippen LogP contribution in [0.2, 0.25) is 0 Å². The van der Waals surface area contributed by atoms with Gasteiger partial charge in [0.1, 0.15) is 0 Å². The molecule has 1 aromatic heterocycles. The Morgan fingerprint density at radius 2 is 2.10 bits per heavy atom. The molecule has 4 nitrogen and oxygen atoms in total. The molecule has 0 aliphatic heterocycles. The third-order valence-corrected chi connectivity index (χ3v) is 4.70. The molecule has 0 aromatic carbocycles. The van der Waals surface area contributed by atoms with E-state index in [1.165, 1.54) is 15.3 Å². The van der Waals surface area contributed by atoms with Crippen molar-refractivity contribution in [2.45, 2.75) is 39.9 Å². The van der Waals surface area contributed by atoms with Gasteiger partial charge in [-0.1, -0.05) is 6.92 Å². The summed E-state index contributed by atoms with van der Waals surface area (Å²) in [6.45, 7) is 11.9. The molecule has 0 bridgehead atoms. The van der Waals surface area contributed by atoms with Gasteiger partial charge in [0.05, 0.1) is 13.2 Å². The van der Waals surface area contributed by atoms with Crippen molar-refractivity contribution in [3.05, 3.63) is 21.4 Å². The van der Waals surface area contributed by atoms with Crippen LogP contribution in [0.5, 0.6) is 0 Å². The molecule has 5 heteroatoms. The van der Waals surface area contributed by atoms with Gasteiger partial charge >= 0.3 is 0 Å². The number of rotatable bonds is 11. The summed E-state index contributed by atoms with van der Waals surface area (Å²) in [5.74, 6) is 0. The molecule has 0 spiro atoms. The molecule has 1 rings (SSSR count). The third-order valence-electron chi connectivity index (χ3n) is 3.61. The van der Waals surface area contributed by atoms with Crippen molar-refractivity contribution in [2.75, 3.05) is 40.5 Å². The summed E-state index contributed by atoms with van der Waals surface area (Å²) in [4.78, 5) is 5.25. The average Bonchev–Trinajstić information content (AvgIpc) is 2.81. The van der Waals surface area contributed by atoms with Crippen LogP contribution in [0.25, 0.3) is 0 Å². The van der Waals surface area contributed by atoms with Crippen molar-refractivity contribution in [2.24, 2.45) is 0 Å². The number of nitrogens with one attached hydrogen (secondary N) is 1. The maximum Gasteiger partial charge on any atom is 0.0615 e. The zero-order chi connectivity index (χ0) is 15.7. The highest BCUT2D eigenvalue weighted by atomic mass is 32.1. The summed E-state index contributed by atoms with van der Waals surface area (Å²) in [7, 11) is 3.51. The first-order valence-corrected chi connectivity index (χ1v) is 8.44. The molecule has 1 N–H and O–H groups in total. The monoisotopic (exact) mass is 314 g/mol. The molecule has 21 heavy (non-hydrogen) atoms. The summed E-state index contributed by atoms with van der Waals surface area (Å²) in [5.41, 5.74) is 1.42. The molecule has 0 saturated carbocycles. The highest BCUT2D eigenvalue weighted by Crippen LogP contribution is 2.23. The van der Waals surface area contributed by atoms with E-state index in [1.54, 1.807) is 14.2 Å². The molecular formula is C16H30N2O2S. The largest absolute Gasteiger partial charge is 0.383 e. The molecule has 0 aliphatic carbocycles. The number of ether oxygens (including phenoxy) is 2. The van der Waals surface area contributed by atoms with E-state index < -0.39 is 0 Å². The summed E-state index contributed by atoms with van der Waals surface area (Å²) >= 11 is 1.89. The number of thiophene rings is 1. The maximum atomic E-state index is 5.30. The summed E-state index contributed by atoms with van der Waals surface area (Å²) < 4.78 is 10.5. The van der Waals surface area contributed by atoms with E-state index in [9.17, 15) is 0 Å². The Balaban J connectivity index is 2.70. The van der Waals surface area contributed by atoms with Crippen molar-refractivity contribution in [3.63, 3.8) is 0 Å². The molecule has 1 heterocycles. The molecule has 0 saturated heterocycles. The molecule has 0 aliphatic rings. The van der Waals surface area contributed by atoms with Crippen molar-refractivity contribution in [1.29, 1.82) is 0 Å². The second-order valence-electron chi connectivity index (χ2n) is 5.34. The van der Waals surface area contributed by atoms with Crippen LogP contribution >= 0.6 is 11.3 Å². The first-order valence-electron chi connectivity index (χ1n) is 7.63. The van der Waals surface area contributed by atoms with Crippen molar-refractivity contribution < 1.29 is 9.47 Å². The van der Waals surface area contributed by atoms with Crippen LogP contribution in [0.1, 0.15) is 29.2 Å². The molecule has 1 aromatic rings. The SMILES string of the molecule is CCNCc1cc(CN(CCOC)C(C)COC)c(C)s1. The minimum atomic E-state index is 0.390. The predicted octanol–water partition coefficient (Wildman–Crippen LogP) is 2.65. The molecule has 122 valence electrons. The Kier molecular flexibility index (Phi) is 9.11. The van der Waals surface area contributed by atoms with Crippen molar-refractivity contribution in [3.8, 4) is 0 Å². The van der Waals surface area contributed by atoms with Crippen LogP contribution in [0.3, 0.4) is 0 Å². The smallest absolute Gasteiger partial charge is 0.0615 e. The number of methoxy groups -OCH3 is 2. The van der Waals surface area contributed by atoms with E-state index >= 15 is 0 Å². The van der Waals surface area contributed by atoms with Crippen molar-refractivity contribution >= 4 is 11.3 Å². The van der Waals surface area contributed by atoms with E-state index in [0.717, 1.165) is 39.4 Å². The zero-order valence-corrected chi connectivity index (χ0v) is 14.9. The Morgan fingerprint density at radius 3 is 2.71 bits per heavy atom. The molecular weight excluding hydrogens is 284 g/mol. The van der Waals surface area contributed by atoms with Gasteiger partial charge in [-0.25, -0.2) is 0 Å². The average molecular weight is 314 g/mol. The third kappa shape index (κ3) is 6.45. The van der Waals surface area contributed by atoms with Crippen LogP contribution in [0.4, 0.5) is 0 Å². The highest BCUT2D eigenvalue weighted by molar-refractivity contribution is 7.12. The van der Waals surface area contributed by atoms with Gasteiger partial charge in [0.2, 0.25) is 0 Å². The van der Waals surface area contributed by atoms with Gasteiger partial charge in [-0.2, -0.15) is 0 Å². The van der Waals surface area contributed by atoms with Gasteiger partial charge < -0.3 is 14.8 Å². The Labute approximate surface area is 133 Å². The lowest BCUT2D eigenvalue weighted by molar-refractivity contribution is 0.0705. The number of nitrogens with zero attached hydrogens (tertiary/aromatic N) is 1.